The summed E-state index contributed by atoms with van der Waals surface area (Å²) in [5.41, 5.74) is 4.72. The highest BCUT2D eigenvalue weighted by atomic mass is 16.2. The van der Waals surface area contributed by atoms with Gasteiger partial charge in [-0.3, -0.25) is 9.59 Å². The van der Waals surface area contributed by atoms with Gasteiger partial charge in [-0.05, 0) is 43.5 Å². The second kappa shape index (κ2) is 7.77. The van der Waals surface area contributed by atoms with Crippen LogP contribution in [0.5, 0.6) is 0 Å². The van der Waals surface area contributed by atoms with Gasteiger partial charge < -0.3 is 14.8 Å². The Bertz CT molecular complexity index is 790. The fourth-order valence-corrected chi connectivity index (χ4v) is 3.77. The number of likely N-dealkylation sites (N-methyl/N-ethyl adjacent to an activating group) is 1. The third-order valence-corrected chi connectivity index (χ3v) is 5.31. The lowest BCUT2D eigenvalue weighted by Gasteiger charge is -2.36. The highest BCUT2D eigenvalue weighted by Gasteiger charge is 2.33. The van der Waals surface area contributed by atoms with E-state index in [9.17, 15) is 9.59 Å². The van der Waals surface area contributed by atoms with Gasteiger partial charge in [0, 0.05) is 44.4 Å². The Morgan fingerprint density at radius 3 is 2.38 bits per heavy atom. The highest BCUT2D eigenvalue weighted by molar-refractivity contribution is 5.88. The van der Waals surface area contributed by atoms with Crippen LogP contribution in [0.3, 0.4) is 0 Å². The third-order valence-electron chi connectivity index (χ3n) is 5.31. The van der Waals surface area contributed by atoms with Gasteiger partial charge in [0.05, 0.1) is 0 Å². The summed E-state index contributed by atoms with van der Waals surface area (Å²) in [4.78, 5) is 27.0. The first-order valence-electron chi connectivity index (χ1n) is 9.22. The van der Waals surface area contributed by atoms with Crippen molar-refractivity contribution in [2.75, 3.05) is 7.05 Å². The number of rotatable bonds is 5. The van der Waals surface area contributed by atoms with Crippen LogP contribution in [0.25, 0.3) is 0 Å². The molecule has 5 heteroatoms. The van der Waals surface area contributed by atoms with Crippen molar-refractivity contribution >= 4 is 11.8 Å². The van der Waals surface area contributed by atoms with Crippen LogP contribution >= 0.6 is 0 Å². The molecule has 1 N–H and O–H groups in total. The van der Waals surface area contributed by atoms with Crippen LogP contribution in [0.2, 0.25) is 0 Å². The number of aryl methyl sites for hydroxylation is 2. The first-order valence-corrected chi connectivity index (χ1v) is 9.22. The number of fused-ring (bicyclic) bond motifs is 1. The van der Waals surface area contributed by atoms with E-state index in [2.05, 4.69) is 35.9 Å². The molecule has 1 aromatic heterocycles. The number of amides is 2. The Morgan fingerprint density at radius 1 is 1.08 bits per heavy atom. The molecule has 2 heterocycles. The minimum atomic E-state index is -0.419. The van der Waals surface area contributed by atoms with Crippen LogP contribution in [0, 0.1) is 13.8 Å². The number of hydrogen-bond acceptors (Lipinski definition) is 2. The van der Waals surface area contributed by atoms with Gasteiger partial charge in [0.1, 0.15) is 6.04 Å². The summed E-state index contributed by atoms with van der Waals surface area (Å²) in [7, 11) is 1.63. The summed E-state index contributed by atoms with van der Waals surface area (Å²) < 4.78 is 2.23. The number of carbonyl (C=O) groups is 2. The number of hydrogen-bond donors (Lipinski definition) is 1. The number of carbonyl (C=O) groups excluding carboxylic acids is 2. The van der Waals surface area contributed by atoms with E-state index in [-0.39, 0.29) is 11.8 Å². The van der Waals surface area contributed by atoms with Gasteiger partial charge in [-0.2, -0.15) is 0 Å². The lowest BCUT2D eigenvalue weighted by molar-refractivity contribution is -0.141. The summed E-state index contributed by atoms with van der Waals surface area (Å²) in [6, 6.07) is 11.8. The summed E-state index contributed by atoms with van der Waals surface area (Å²) in [6.07, 6.45) is 1.80. The van der Waals surface area contributed by atoms with Gasteiger partial charge in [-0.25, -0.2) is 0 Å². The van der Waals surface area contributed by atoms with Gasteiger partial charge >= 0.3 is 0 Å². The molecule has 3 rings (SSSR count). The zero-order valence-electron chi connectivity index (χ0n) is 15.8. The molecule has 0 fully saturated rings. The van der Waals surface area contributed by atoms with Gasteiger partial charge in [-0.15, -0.1) is 0 Å². The monoisotopic (exact) mass is 353 g/mol. The molecule has 1 aliphatic rings. The molecule has 0 saturated heterocycles. The summed E-state index contributed by atoms with van der Waals surface area (Å²) >= 11 is 0. The van der Waals surface area contributed by atoms with Crippen molar-refractivity contribution in [3.05, 3.63) is 58.9 Å². The fraction of sp³-hybridized carbons (Fsp3) is 0.429. The number of benzene rings is 1. The Labute approximate surface area is 155 Å². The highest BCUT2D eigenvalue weighted by Crippen LogP contribution is 2.24. The fourth-order valence-electron chi connectivity index (χ4n) is 3.77. The van der Waals surface area contributed by atoms with Crippen LogP contribution < -0.4 is 5.32 Å². The van der Waals surface area contributed by atoms with Crippen molar-refractivity contribution in [2.24, 2.45) is 0 Å². The van der Waals surface area contributed by atoms with E-state index in [1.165, 1.54) is 11.4 Å². The molecule has 2 amide bonds. The largest absolute Gasteiger partial charge is 0.357 e. The molecule has 0 spiro atoms. The molecular weight excluding hydrogens is 326 g/mol. The Kier molecular flexibility index (Phi) is 5.45. The molecule has 0 radical (unpaired) electrons. The molecule has 26 heavy (non-hydrogen) atoms. The predicted octanol–water partition coefficient (Wildman–Crippen LogP) is 2.58. The lowest BCUT2D eigenvalue weighted by atomic mass is 9.93. The molecule has 1 aromatic carbocycles. The number of nitrogens with zero attached hydrogens (tertiary/aromatic N) is 2. The molecule has 0 saturated carbocycles. The van der Waals surface area contributed by atoms with Crippen LogP contribution in [-0.2, 0) is 29.1 Å². The Morgan fingerprint density at radius 2 is 1.73 bits per heavy atom. The molecule has 5 nitrogen and oxygen atoms in total. The van der Waals surface area contributed by atoms with E-state index < -0.39 is 6.04 Å². The lowest BCUT2D eigenvalue weighted by Crippen LogP contribution is -2.51. The summed E-state index contributed by atoms with van der Waals surface area (Å²) in [5, 5.41) is 2.71. The standard InChI is InChI=1S/C21H27N3O2/c1-15-10-11-16(2)23(15)12-6-9-20(25)24-14-18-8-5-4-7-17(18)13-19(24)21(26)22-3/h4-5,7-8,10-11,19H,6,9,12-14H2,1-3H3,(H,22,26). The molecule has 138 valence electrons. The second-order valence-corrected chi connectivity index (χ2v) is 7.00. The van der Waals surface area contributed by atoms with Crippen molar-refractivity contribution in [2.45, 2.75) is 52.2 Å². The van der Waals surface area contributed by atoms with Gasteiger partial charge in [0.25, 0.3) is 0 Å². The predicted molar refractivity (Wildman–Crippen MR) is 102 cm³/mol. The Hall–Kier alpha value is -2.56. The average Bonchev–Trinajstić information content (AvgIpc) is 2.98. The van der Waals surface area contributed by atoms with E-state index in [0.717, 1.165) is 24.1 Å². The van der Waals surface area contributed by atoms with Crippen LogP contribution in [0.1, 0.15) is 35.4 Å². The van der Waals surface area contributed by atoms with Crippen molar-refractivity contribution in [3.8, 4) is 0 Å². The number of aromatic nitrogens is 1. The van der Waals surface area contributed by atoms with Crippen molar-refractivity contribution in [3.63, 3.8) is 0 Å². The molecule has 1 atom stereocenters. The SMILES string of the molecule is CNC(=O)C1Cc2ccccc2CN1C(=O)CCCn1c(C)ccc1C. The molecule has 2 aromatic rings. The van der Waals surface area contributed by atoms with Crippen molar-refractivity contribution in [1.29, 1.82) is 0 Å². The summed E-state index contributed by atoms with van der Waals surface area (Å²) in [5.74, 6) is -0.0412. The van der Waals surface area contributed by atoms with E-state index in [4.69, 9.17) is 0 Å². The maximum absolute atomic E-state index is 12.9. The Balaban J connectivity index is 1.69. The van der Waals surface area contributed by atoms with E-state index >= 15 is 0 Å². The summed E-state index contributed by atoms with van der Waals surface area (Å²) in [6.45, 7) is 5.50. The van der Waals surface area contributed by atoms with Gasteiger partial charge in [0.2, 0.25) is 11.8 Å². The third kappa shape index (κ3) is 3.66. The van der Waals surface area contributed by atoms with Gasteiger partial charge in [0.15, 0.2) is 0 Å². The van der Waals surface area contributed by atoms with Crippen molar-refractivity contribution in [1.82, 2.24) is 14.8 Å². The van der Waals surface area contributed by atoms with Crippen LogP contribution in [0.15, 0.2) is 36.4 Å². The topological polar surface area (TPSA) is 54.3 Å². The van der Waals surface area contributed by atoms with Gasteiger partial charge in [-0.1, -0.05) is 24.3 Å². The zero-order valence-corrected chi connectivity index (χ0v) is 15.8. The normalized spacial score (nSPS) is 16.3. The first-order chi connectivity index (χ1) is 12.5. The second-order valence-electron chi connectivity index (χ2n) is 7.00. The van der Waals surface area contributed by atoms with E-state index in [1.54, 1.807) is 11.9 Å². The zero-order chi connectivity index (χ0) is 18.7. The molecule has 1 unspecified atom stereocenters. The quantitative estimate of drug-likeness (QED) is 0.898. The average molecular weight is 353 g/mol. The minimum Gasteiger partial charge on any atom is -0.357 e. The maximum atomic E-state index is 12.9. The van der Waals surface area contributed by atoms with E-state index in [1.807, 2.05) is 24.3 Å². The smallest absolute Gasteiger partial charge is 0.242 e. The minimum absolute atomic E-state index is 0.0514. The molecular formula is C21H27N3O2. The van der Waals surface area contributed by atoms with Crippen LogP contribution in [-0.4, -0.2) is 34.4 Å². The van der Waals surface area contributed by atoms with E-state index in [0.29, 0.717) is 19.4 Å². The molecule has 0 bridgehead atoms. The molecule has 0 aliphatic carbocycles. The maximum Gasteiger partial charge on any atom is 0.242 e. The first kappa shape index (κ1) is 18.2. The number of nitrogens with one attached hydrogen (secondary N) is 1. The van der Waals surface area contributed by atoms with Crippen LogP contribution in [0.4, 0.5) is 0 Å². The van der Waals surface area contributed by atoms with Crippen molar-refractivity contribution < 1.29 is 9.59 Å². The molecule has 1 aliphatic heterocycles.